The van der Waals surface area contributed by atoms with E-state index >= 15 is 0 Å². The van der Waals surface area contributed by atoms with Crippen molar-refractivity contribution < 1.29 is 9.59 Å². The minimum absolute atomic E-state index is 0.0632. The van der Waals surface area contributed by atoms with Crippen molar-refractivity contribution >= 4 is 11.8 Å². The Morgan fingerprint density at radius 1 is 1.11 bits per heavy atom. The Morgan fingerprint density at radius 2 is 1.79 bits per heavy atom. The molecule has 0 bridgehead atoms. The molecular formula is C23H35N3O2. The van der Waals surface area contributed by atoms with Gasteiger partial charge in [-0.25, -0.2) is 0 Å². The fraction of sp³-hybridized carbons (Fsp3) is 0.652. The Balaban J connectivity index is 1.70. The van der Waals surface area contributed by atoms with Crippen molar-refractivity contribution in [3.63, 3.8) is 0 Å². The van der Waals surface area contributed by atoms with Gasteiger partial charge in [0.15, 0.2) is 0 Å². The van der Waals surface area contributed by atoms with E-state index in [-0.39, 0.29) is 17.7 Å². The summed E-state index contributed by atoms with van der Waals surface area (Å²) in [5.41, 5.74) is 2.95. The molecule has 1 unspecified atom stereocenters. The summed E-state index contributed by atoms with van der Waals surface area (Å²) in [5, 5.41) is 3.39. The van der Waals surface area contributed by atoms with E-state index in [9.17, 15) is 9.59 Å². The van der Waals surface area contributed by atoms with E-state index in [1.54, 1.807) is 0 Å². The first-order valence-electron chi connectivity index (χ1n) is 10.9. The van der Waals surface area contributed by atoms with Gasteiger partial charge in [0.05, 0.1) is 5.92 Å². The van der Waals surface area contributed by atoms with Crippen LogP contribution < -0.4 is 5.32 Å². The minimum Gasteiger partial charge on any atom is -0.339 e. The topological polar surface area (TPSA) is 52.7 Å². The molecule has 1 N–H and O–H groups in total. The zero-order chi connectivity index (χ0) is 20.1. The van der Waals surface area contributed by atoms with Gasteiger partial charge >= 0.3 is 0 Å². The number of carbonyl (C=O) groups excluding carboxylic acids is 2. The zero-order valence-electron chi connectivity index (χ0n) is 17.7. The van der Waals surface area contributed by atoms with Crippen molar-refractivity contribution in [3.05, 3.63) is 34.9 Å². The van der Waals surface area contributed by atoms with Gasteiger partial charge in [-0.15, -0.1) is 0 Å². The number of hydrogen-bond donors (Lipinski definition) is 1. The Hall–Kier alpha value is -1.88. The van der Waals surface area contributed by atoms with Crippen LogP contribution in [0, 0.1) is 19.8 Å². The smallest absolute Gasteiger partial charge is 0.253 e. The molecule has 5 heteroatoms. The number of rotatable bonds is 5. The van der Waals surface area contributed by atoms with Crippen LogP contribution in [-0.4, -0.2) is 60.4 Å². The monoisotopic (exact) mass is 385 g/mol. The van der Waals surface area contributed by atoms with Crippen LogP contribution in [0.5, 0.6) is 0 Å². The van der Waals surface area contributed by atoms with Gasteiger partial charge in [0.1, 0.15) is 0 Å². The minimum atomic E-state index is -0.0648. The van der Waals surface area contributed by atoms with E-state index in [0.717, 1.165) is 75.0 Å². The van der Waals surface area contributed by atoms with Gasteiger partial charge in [-0.1, -0.05) is 24.1 Å². The van der Waals surface area contributed by atoms with E-state index in [1.165, 1.54) is 0 Å². The van der Waals surface area contributed by atoms with E-state index < -0.39 is 0 Å². The average molecular weight is 386 g/mol. The molecule has 5 nitrogen and oxygen atoms in total. The lowest BCUT2D eigenvalue weighted by molar-refractivity contribution is -0.140. The quantitative estimate of drug-likeness (QED) is 0.847. The molecule has 154 valence electrons. The van der Waals surface area contributed by atoms with Crippen molar-refractivity contribution in [3.8, 4) is 0 Å². The van der Waals surface area contributed by atoms with E-state index in [4.69, 9.17) is 0 Å². The normalized spacial score (nSPS) is 20.8. The van der Waals surface area contributed by atoms with Crippen molar-refractivity contribution in [1.29, 1.82) is 0 Å². The van der Waals surface area contributed by atoms with Crippen molar-refractivity contribution in [1.82, 2.24) is 15.1 Å². The highest BCUT2D eigenvalue weighted by Gasteiger charge is 2.34. The molecule has 2 fully saturated rings. The number of hydrogen-bond acceptors (Lipinski definition) is 3. The van der Waals surface area contributed by atoms with Crippen LogP contribution in [0.15, 0.2) is 18.2 Å². The maximum Gasteiger partial charge on any atom is 0.253 e. The molecule has 2 aliphatic heterocycles. The largest absolute Gasteiger partial charge is 0.339 e. The van der Waals surface area contributed by atoms with Crippen LogP contribution in [0.25, 0.3) is 0 Å². The molecule has 1 atom stereocenters. The summed E-state index contributed by atoms with van der Waals surface area (Å²) in [6.07, 6.45) is 4.83. The van der Waals surface area contributed by atoms with Crippen LogP contribution in [0.1, 0.15) is 60.5 Å². The highest BCUT2D eigenvalue weighted by molar-refractivity contribution is 5.95. The van der Waals surface area contributed by atoms with Crippen molar-refractivity contribution in [2.75, 3.05) is 32.7 Å². The van der Waals surface area contributed by atoms with Crippen LogP contribution >= 0.6 is 0 Å². The van der Waals surface area contributed by atoms with Crippen LogP contribution in [0.4, 0.5) is 0 Å². The van der Waals surface area contributed by atoms with Crippen molar-refractivity contribution in [2.24, 2.45) is 5.92 Å². The van der Waals surface area contributed by atoms with Gasteiger partial charge in [-0.05, 0) is 71.2 Å². The molecule has 2 heterocycles. The molecule has 3 rings (SSSR count). The van der Waals surface area contributed by atoms with Gasteiger partial charge in [0, 0.05) is 31.2 Å². The molecule has 1 aromatic carbocycles. The van der Waals surface area contributed by atoms with Gasteiger partial charge < -0.3 is 15.1 Å². The number of benzene rings is 1. The highest BCUT2D eigenvalue weighted by atomic mass is 16.2. The molecule has 2 amide bonds. The van der Waals surface area contributed by atoms with Crippen molar-refractivity contribution in [2.45, 2.75) is 58.9 Å². The Kier molecular flexibility index (Phi) is 7.11. The Morgan fingerprint density at radius 3 is 2.43 bits per heavy atom. The van der Waals surface area contributed by atoms with E-state index in [0.29, 0.717) is 12.6 Å². The first kappa shape index (κ1) is 20.8. The molecule has 0 spiro atoms. The zero-order valence-corrected chi connectivity index (χ0v) is 17.7. The summed E-state index contributed by atoms with van der Waals surface area (Å²) in [6, 6.07) is 6.35. The second-order valence-corrected chi connectivity index (χ2v) is 8.48. The molecule has 0 aromatic heterocycles. The standard InChI is InChI=1S/C23H35N3O2/c1-4-11-26(21-7-9-24-10-8-21)23(28)19-6-5-12-25(16-19)22(27)20-14-17(2)13-18(3)15-20/h13-15,19,21,24H,4-12,16H2,1-3H3. The molecule has 0 radical (unpaired) electrons. The SMILES string of the molecule is CCCN(C(=O)C1CCCN(C(=O)c2cc(C)cc(C)c2)C1)C1CCNCC1. The molecule has 0 saturated carbocycles. The van der Waals surface area contributed by atoms with Gasteiger partial charge in [-0.2, -0.15) is 0 Å². The van der Waals surface area contributed by atoms with Gasteiger partial charge in [0.25, 0.3) is 5.91 Å². The summed E-state index contributed by atoms with van der Waals surface area (Å²) in [5.74, 6) is 0.255. The third kappa shape index (κ3) is 4.93. The second-order valence-electron chi connectivity index (χ2n) is 8.48. The molecule has 2 aliphatic rings. The summed E-state index contributed by atoms with van der Waals surface area (Å²) in [7, 11) is 0. The molecular weight excluding hydrogens is 350 g/mol. The summed E-state index contributed by atoms with van der Waals surface area (Å²) in [4.78, 5) is 30.4. The van der Waals surface area contributed by atoms with Crippen LogP contribution in [-0.2, 0) is 4.79 Å². The fourth-order valence-electron chi connectivity index (χ4n) is 4.71. The van der Waals surface area contributed by atoms with Gasteiger partial charge in [-0.3, -0.25) is 9.59 Å². The number of amides is 2. The van der Waals surface area contributed by atoms with Crippen LogP contribution in [0.3, 0.4) is 0 Å². The van der Waals surface area contributed by atoms with Crippen LogP contribution in [0.2, 0.25) is 0 Å². The summed E-state index contributed by atoms with van der Waals surface area (Å²) >= 11 is 0. The maximum atomic E-state index is 13.4. The predicted octanol–water partition coefficient (Wildman–Crippen LogP) is 3.15. The highest BCUT2D eigenvalue weighted by Crippen LogP contribution is 2.24. The number of nitrogens with zero attached hydrogens (tertiary/aromatic N) is 2. The third-order valence-corrected chi connectivity index (χ3v) is 6.02. The number of aryl methyl sites for hydroxylation is 2. The summed E-state index contributed by atoms with van der Waals surface area (Å²) < 4.78 is 0. The lowest BCUT2D eigenvalue weighted by Gasteiger charge is -2.39. The van der Waals surface area contributed by atoms with Gasteiger partial charge in [0.2, 0.25) is 5.91 Å². The Bertz CT molecular complexity index is 677. The second kappa shape index (κ2) is 9.55. The molecule has 28 heavy (non-hydrogen) atoms. The Labute approximate surface area is 169 Å². The fourth-order valence-corrected chi connectivity index (χ4v) is 4.71. The molecule has 1 aromatic rings. The predicted molar refractivity (Wildman–Crippen MR) is 112 cm³/mol. The van der Waals surface area contributed by atoms with E-state index in [2.05, 4.69) is 23.2 Å². The first-order chi connectivity index (χ1) is 13.5. The summed E-state index contributed by atoms with van der Waals surface area (Å²) in [6.45, 7) is 10.3. The maximum absolute atomic E-state index is 13.4. The lowest BCUT2D eigenvalue weighted by atomic mass is 9.93. The number of carbonyl (C=O) groups is 2. The third-order valence-electron chi connectivity index (χ3n) is 6.02. The number of likely N-dealkylation sites (tertiary alicyclic amines) is 1. The lowest BCUT2D eigenvalue weighted by Crippen LogP contribution is -2.52. The number of piperidine rings is 2. The average Bonchev–Trinajstić information content (AvgIpc) is 2.71. The first-order valence-corrected chi connectivity index (χ1v) is 10.9. The molecule has 2 saturated heterocycles. The molecule has 0 aliphatic carbocycles. The van der Waals surface area contributed by atoms with E-state index in [1.807, 2.05) is 30.9 Å². The number of nitrogens with one attached hydrogen (secondary N) is 1.